The average molecular weight is 269 g/mol. The zero-order valence-corrected chi connectivity index (χ0v) is 11.8. The van der Waals surface area contributed by atoms with Gasteiger partial charge in [-0.2, -0.15) is 5.26 Å². The molecule has 0 aromatic rings. The first-order valence-electron chi connectivity index (χ1n) is 7.32. The standard InChI is InChI=1S/C14H27N3O2/c15-10-9-12-16-11-7-5-3-1-2-4-6-8-13-17-14(18)19/h16-17H,1-9,11-13H2,(H,18,19). The van der Waals surface area contributed by atoms with Crippen molar-refractivity contribution in [2.45, 2.75) is 57.8 Å². The molecule has 19 heavy (non-hydrogen) atoms. The SMILES string of the molecule is N#CCCNCCCCCCCCCCNC(=O)O. The predicted octanol–water partition coefficient (Wildman–Crippen LogP) is 2.88. The predicted molar refractivity (Wildman–Crippen MR) is 76.1 cm³/mol. The molecule has 0 aromatic carbocycles. The summed E-state index contributed by atoms with van der Waals surface area (Å²) in [4.78, 5) is 10.2. The number of hydrogen-bond acceptors (Lipinski definition) is 3. The molecule has 0 heterocycles. The van der Waals surface area contributed by atoms with Crippen LogP contribution in [0.3, 0.4) is 0 Å². The van der Waals surface area contributed by atoms with E-state index in [-0.39, 0.29) is 0 Å². The molecule has 110 valence electrons. The summed E-state index contributed by atoms with van der Waals surface area (Å²) in [5.74, 6) is 0. The van der Waals surface area contributed by atoms with Gasteiger partial charge in [0, 0.05) is 19.5 Å². The summed E-state index contributed by atoms with van der Waals surface area (Å²) in [5, 5.41) is 22.3. The lowest BCUT2D eigenvalue weighted by Crippen LogP contribution is -2.21. The summed E-state index contributed by atoms with van der Waals surface area (Å²) in [5.41, 5.74) is 0. The molecule has 0 aromatic heterocycles. The monoisotopic (exact) mass is 269 g/mol. The minimum atomic E-state index is -0.927. The zero-order chi connectivity index (χ0) is 14.2. The second-order valence-corrected chi connectivity index (χ2v) is 4.72. The first kappa shape index (κ1) is 17.7. The largest absolute Gasteiger partial charge is 0.465 e. The molecule has 0 atom stereocenters. The minimum absolute atomic E-state index is 0.573. The van der Waals surface area contributed by atoms with E-state index in [1.165, 1.54) is 38.5 Å². The van der Waals surface area contributed by atoms with E-state index >= 15 is 0 Å². The third-order valence-corrected chi connectivity index (χ3v) is 2.97. The van der Waals surface area contributed by atoms with Gasteiger partial charge in [0.2, 0.25) is 0 Å². The van der Waals surface area contributed by atoms with Crippen molar-refractivity contribution in [3.63, 3.8) is 0 Å². The van der Waals surface area contributed by atoms with E-state index in [1.807, 2.05) is 0 Å². The van der Waals surface area contributed by atoms with Crippen LogP contribution in [0.5, 0.6) is 0 Å². The van der Waals surface area contributed by atoms with Crippen molar-refractivity contribution in [3.8, 4) is 6.07 Å². The van der Waals surface area contributed by atoms with E-state index in [0.717, 1.165) is 25.9 Å². The first-order chi connectivity index (χ1) is 9.27. The lowest BCUT2D eigenvalue weighted by Gasteiger charge is -2.03. The number of carboxylic acid groups (broad SMARTS) is 1. The van der Waals surface area contributed by atoms with Crippen molar-refractivity contribution in [1.82, 2.24) is 10.6 Å². The van der Waals surface area contributed by atoms with Crippen LogP contribution >= 0.6 is 0 Å². The maximum absolute atomic E-state index is 10.2. The topological polar surface area (TPSA) is 85.2 Å². The Morgan fingerprint density at radius 1 is 0.895 bits per heavy atom. The molecule has 0 aliphatic heterocycles. The van der Waals surface area contributed by atoms with Gasteiger partial charge in [0.1, 0.15) is 0 Å². The highest BCUT2D eigenvalue weighted by Crippen LogP contribution is 2.07. The van der Waals surface area contributed by atoms with Gasteiger partial charge >= 0.3 is 6.09 Å². The smallest absolute Gasteiger partial charge is 0.404 e. The van der Waals surface area contributed by atoms with Crippen molar-refractivity contribution < 1.29 is 9.90 Å². The van der Waals surface area contributed by atoms with E-state index in [4.69, 9.17) is 10.4 Å². The highest BCUT2D eigenvalue weighted by atomic mass is 16.4. The second-order valence-electron chi connectivity index (χ2n) is 4.72. The fourth-order valence-corrected chi connectivity index (χ4v) is 1.90. The molecule has 3 N–H and O–H groups in total. The van der Waals surface area contributed by atoms with Crippen molar-refractivity contribution in [2.24, 2.45) is 0 Å². The Balaban J connectivity index is 2.95. The quantitative estimate of drug-likeness (QED) is 0.449. The summed E-state index contributed by atoms with van der Waals surface area (Å²) in [6.07, 6.45) is 9.13. The molecular weight excluding hydrogens is 242 g/mol. The van der Waals surface area contributed by atoms with E-state index < -0.39 is 6.09 Å². The Bertz CT molecular complexity index is 252. The normalized spacial score (nSPS) is 10.1. The van der Waals surface area contributed by atoms with Crippen molar-refractivity contribution in [1.29, 1.82) is 5.26 Å². The van der Waals surface area contributed by atoms with Crippen LogP contribution in [0, 0.1) is 11.3 Å². The Hall–Kier alpha value is -1.28. The average Bonchev–Trinajstić information content (AvgIpc) is 2.39. The van der Waals surface area contributed by atoms with Crippen LogP contribution in [0.1, 0.15) is 57.8 Å². The first-order valence-corrected chi connectivity index (χ1v) is 7.32. The van der Waals surface area contributed by atoms with Gasteiger partial charge in [0.05, 0.1) is 6.07 Å². The summed E-state index contributed by atoms with van der Waals surface area (Å²) in [6, 6.07) is 2.11. The molecule has 1 amide bonds. The van der Waals surface area contributed by atoms with Crippen LogP contribution in [0.2, 0.25) is 0 Å². The van der Waals surface area contributed by atoms with E-state index in [1.54, 1.807) is 0 Å². The van der Waals surface area contributed by atoms with Gasteiger partial charge in [0.25, 0.3) is 0 Å². The number of nitrogens with one attached hydrogen (secondary N) is 2. The molecule has 0 aliphatic rings. The zero-order valence-electron chi connectivity index (χ0n) is 11.8. The van der Waals surface area contributed by atoms with Gasteiger partial charge in [-0.3, -0.25) is 0 Å². The van der Waals surface area contributed by atoms with Crippen LogP contribution in [0.15, 0.2) is 0 Å². The number of nitrogens with zero attached hydrogens (tertiary/aromatic N) is 1. The number of hydrogen-bond donors (Lipinski definition) is 3. The van der Waals surface area contributed by atoms with Crippen LogP contribution in [-0.4, -0.2) is 30.8 Å². The number of rotatable bonds is 13. The number of amides is 1. The molecule has 5 heteroatoms. The highest BCUT2D eigenvalue weighted by Gasteiger charge is 1.95. The molecule has 0 radical (unpaired) electrons. The Labute approximate surface area is 116 Å². The molecule has 0 unspecified atom stereocenters. The molecule has 0 bridgehead atoms. The molecule has 5 nitrogen and oxygen atoms in total. The van der Waals surface area contributed by atoms with Crippen LogP contribution in [-0.2, 0) is 0 Å². The summed E-state index contributed by atoms with van der Waals surface area (Å²) >= 11 is 0. The third-order valence-electron chi connectivity index (χ3n) is 2.97. The number of nitriles is 1. The van der Waals surface area contributed by atoms with Crippen LogP contribution in [0.4, 0.5) is 4.79 Å². The van der Waals surface area contributed by atoms with Crippen LogP contribution < -0.4 is 10.6 Å². The molecule has 0 saturated heterocycles. The van der Waals surface area contributed by atoms with Crippen molar-refractivity contribution in [2.75, 3.05) is 19.6 Å². The summed E-state index contributed by atoms with van der Waals surface area (Å²) in [7, 11) is 0. The van der Waals surface area contributed by atoms with Crippen molar-refractivity contribution >= 4 is 6.09 Å². The Kier molecular flexibility index (Phi) is 13.8. The summed E-state index contributed by atoms with van der Waals surface area (Å²) in [6.45, 7) is 2.40. The lowest BCUT2D eigenvalue weighted by molar-refractivity contribution is 0.194. The third kappa shape index (κ3) is 16.7. The van der Waals surface area contributed by atoms with Gasteiger partial charge in [-0.25, -0.2) is 4.79 Å². The van der Waals surface area contributed by atoms with Crippen molar-refractivity contribution in [3.05, 3.63) is 0 Å². The molecule has 0 rings (SSSR count). The van der Waals surface area contributed by atoms with Gasteiger partial charge in [-0.15, -0.1) is 0 Å². The Morgan fingerprint density at radius 2 is 1.42 bits per heavy atom. The minimum Gasteiger partial charge on any atom is -0.465 e. The van der Waals surface area contributed by atoms with E-state index in [0.29, 0.717) is 13.0 Å². The maximum atomic E-state index is 10.2. The Morgan fingerprint density at radius 3 is 1.95 bits per heavy atom. The highest BCUT2D eigenvalue weighted by molar-refractivity contribution is 5.64. The molecule has 0 saturated carbocycles. The van der Waals surface area contributed by atoms with E-state index in [9.17, 15) is 4.79 Å². The summed E-state index contributed by atoms with van der Waals surface area (Å²) < 4.78 is 0. The fourth-order valence-electron chi connectivity index (χ4n) is 1.90. The molecule has 0 spiro atoms. The van der Waals surface area contributed by atoms with E-state index in [2.05, 4.69) is 16.7 Å². The van der Waals surface area contributed by atoms with Gasteiger partial charge in [-0.05, 0) is 19.4 Å². The van der Waals surface area contributed by atoms with Gasteiger partial charge < -0.3 is 15.7 Å². The number of carbonyl (C=O) groups is 1. The fraction of sp³-hybridized carbons (Fsp3) is 0.857. The second kappa shape index (κ2) is 14.8. The molecular formula is C14H27N3O2. The van der Waals surface area contributed by atoms with Gasteiger partial charge in [-0.1, -0.05) is 38.5 Å². The molecule has 0 aliphatic carbocycles. The van der Waals surface area contributed by atoms with Crippen LogP contribution in [0.25, 0.3) is 0 Å². The number of unbranched alkanes of at least 4 members (excludes halogenated alkanes) is 7. The van der Waals surface area contributed by atoms with Gasteiger partial charge in [0.15, 0.2) is 0 Å². The lowest BCUT2D eigenvalue weighted by atomic mass is 10.1. The molecule has 0 fully saturated rings. The maximum Gasteiger partial charge on any atom is 0.404 e.